The van der Waals surface area contributed by atoms with Gasteiger partial charge in [-0.1, -0.05) is 51.1 Å². The van der Waals surface area contributed by atoms with Crippen molar-refractivity contribution >= 4 is 17.3 Å². The lowest BCUT2D eigenvalue weighted by atomic mass is 9.82. The Balaban J connectivity index is 1.73. The molecule has 1 saturated heterocycles. The predicted molar refractivity (Wildman–Crippen MR) is 111 cm³/mol. The highest BCUT2D eigenvalue weighted by atomic mass is 32.1. The molecule has 0 unspecified atom stereocenters. The molecule has 25 heavy (non-hydrogen) atoms. The van der Waals surface area contributed by atoms with Crippen molar-refractivity contribution in [3.05, 3.63) is 35.9 Å². The van der Waals surface area contributed by atoms with E-state index in [1.54, 1.807) is 4.90 Å². The van der Waals surface area contributed by atoms with E-state index >= 15 is 0 Å². The summed E-state index contributed by atoms with van der Waals surface area (Å²) < 4.78 is 0. The maximum absolute atomic E-state index is 5.58. The van der Waals surface area contributed by atoms with Crippen LogP contribution in [0.2, 0.25) is 0 Å². The maximum atomic E-state index is 5.58. The van der Waals surface area contributed by atoms with Crippen molar-refractivity contribution in [1.29, 1.82) is 0 Å². The Morgan fingerprint density at radius 2 is 1.68 bits per heavy atom. The molecule has 0 spiro atoms. The molecule has 1 aliphatic rings. The zero-order valence-electron chi connectivity index (χ0n) is 16.6. The first kappa shape index (κ1) is 20.2. The zero-order chi connectivity index (χ0) is 18.5. The third-order valence-corrected chi connectivity index (χ3v) is 4.97. The summed E-state index contributed by atoms with van der Waals surface area (Å²) in [6, 6.07) is 11.3. The zero-order valence-corrected chi connectivity index (χ0v) is 17.4. The standard InChI is InChI=1S/C21H35N3S/c1-20(2,3)16-21(4,5)23-19(25)22-18-11-13-24(14-12-18)15-17-9-7-6-8-10-17/h6-10,18H,11-16H2,1-5H3,(H2,22,23,25)/p+1. The normalized spacial score (nSPS) is 21.6. The van der Waals surface area contributed by atoms with Gasteiger partial charge in [0.15, 0.2) is 5.11 Å². The van der Waals surface area contributed by atoms with Crippen molar-refractivity contribution in [2.75, 3.05) is 13.1 Å². The van der Waals surface area contributed by atoms with Crippen LogP contribution in [0.15, 0.2) is 30.3 Å². The van der Waals surface area contributed by atoms with Crippen molar-refractivity contribution in [2.24, 2.45) is 5.41 Å². The van der Waals surface area contributed by atoms with E-state index in [0.29, 0.717) is 6.04 Å². The predicted octanol–water partition coefficient (Wildman–Crippen LogP) is 2.91. The molecule has 0 amide bonds. The summed E-state index contributed by atoms with van der Waals surface area (Å²) >= 11 is 5.58. The molecule has 0 aromatic heterocycles. The van der Waals surface area contributed by atoms with Gasteiger partial charge in [-0.05, 0) is 37.9 Å². The molecule has 140 valence electrons. The molecule has 0 saturated carbocycles. The SMILES string of the molecule is CC(C)(C)CC(C)(C)NC(=S)NC1CC[NH+](Cc2ccccc2)CC1. The molecule has 2 rings (SSSR count). The van der Waals surface area contributed by atoms with Crippen molar-refractivity contribution in [2.45, 2.75) is 72.0 Å². The summed E-state index contributed by atoms with van der Waals surface area (Å²) in [6.07, 6.45) is 3.45. The Morgan fingerprint density at radius 3 is 2.24 bits per heavy atom. The van der Waals surface area contributed by atoms with Gasteiger partial charge >= 0.3 is 0 Å². The Hall–Kier alpha value is -1.13. The number of quaternary nitrogens is 1. The van der Waals surface area contributed by atoms with Crippen molar-refractivity contribution in [3.63, 3.8) is 0 Å². The van der Waals surface area contributed by atoms with Crippen LogP contribution in [0.4, 0.5) is 0 Å². The van der Waals surface area contributed by atoms with E-state index in [1.165, 1.54) is 31.5 Å². The minimum absolute atomic E-state index is 0.0155. The lowest BCUT2D eigenvalue weighted by Gasteiger charge is -2.36. The van der Waals surface area contributed by atoms with Gasteiger partial charge < -0.3 is 15.5 Å². The molecule has 1 aromatic carbocycles. The first-order valence-corrected chi connectivity index (χ1v) is 10.00. The Bertz CT molecular complexity index is 540. The van der Waals surface area contributed by atoms with Crippen LogP contribution in [0.5, 0.6) is 0 Å². The topological polar surface area (TPSA) is 28.5 Å². The second-order valence-corrected chi connectivity index (χ2v) is 9.81. The molecular formula is C21H36N3S+. The fourth-order valence-corrected chi connectivity index (χ4v) is 4.57. The number of hydrogen-bond acceptors (Lipinski definition) is 1. The smallest absolute Gasteiger partial charge is 0.166 e. The third-order valence-electron chi connectivity index (χ3n) is 4.75. The van der Waals surface area contributed by atoms with Gasteiger partial charge in [0, 0.05) is 30.0 Å². The molecule has 0 atom stereocenters. The number of rotatable bonds is 5. The van der Waals surface area contributed by atoms with E-state index in [1.807, 2.05) is 0 Å². The van der Waals surface area contributed by atoms with Gasteiger partial charge in [-0.25, -0.2) is 0 Å². The fraction of sp³-hybridized carbons (Fsp3) is 0.667. The third kappa shape index (κ3) is 7.74. The summed E-state index contributed by atoms with van der Waals surface area (Å²) in [5.74, 6) is 0. The van der Waals surface area contributed by atoms with Gasteiger partial charge in [0.2, 0.25) is 0 Å². The van der Waals surface area contributed by atoms with E-state index in [4.69, 9.17) is 12.2 Å². The average molecular weight is 363 g/mol. The molecule has 1 fully saturated rings. The summed E-state index contributed by atoms with van der Waals surface area (Å²) in [7, 11) is 0. The Labute approximate surface area is 159 Å². The van der Waals surface area contributed by atoms with E-state index in [2.05, 4.69) is 75.6 Å². The second kappa shape index (κ2) is 8.50. The van der Waals surface area contributed by atoms with Gasteiger partial charge in [-0.3, -0.25) is 0 Å². The molecule has 3 N–H and O–H groups in total. The van der Waals surface area contributed by atoms with Gasteiger partial charge in [0.1, 0.15) is 6.54 Å². The highest BCUT2D eigenvalue weighted by molar-refractivity contribution is 7.80. The van der Waals surface area contributed by atoms with E-state index < -0.39 is 0 Å². The average Bonchev–Trinajstić information content (AvgIpc) is 2.47. The van der Waals surface area contributed by atoms with Crippen LogP contribution in [0.3, 0.4) is 0 Å². The molecular weight excluding hydrogens is 326 g/mol. The van der Waals surface area contributed by atoms with E-state index in [0.717, 1.165) is 18.1 Å². The molecule has 0 radical (unpaired) electrons. The molecule has 4 heteroatoms. The van der Waals surface area contributed by atoms with Crippen molar-refractivity contribution in [3.8, 4) is 0 Å². The van der Waals surface area contributed by atoms with Crippen LogP contribution < -0.4 is 15.5 Å². The van der Waals surface area contributed by atoms with Crippen LogP contribution in [0.1, 0.15) is 59.4 Å². The van der Waals surface area contributed by atoms with E-state index in [-0.39, 0.29) is 11.0 Å². The summed E-state index contributed by atoms with van der Waals surface area (Å²) in [4.78, 5) is 1.68. The minimum atomic E-state index is 0.0155. The molecule has 1 heterocycles. The van der Waals surface area contributed by atoms with E-state index in [9.17, 15) is 0 Å². The second-order valence-electron chi connectivity index (χ2n) is 9.41. The number of thiocarbonyl (C=S) groups is 1. The van der Waals surface area contributed by atoms with Crippen molar-refractivity contribution in [1.82, 2.24) is 10.6 Å². The summed E-state index contributed by atoms with van der Waals surface area (Å²) in [6.45, 7) is 14.8. The lowest BCUT2D eigenvalue weighted by Crippen LogP contribution is -3.12. The number of hydrogen-bond donors (Lipinski definition) is 3. The van der Waals surface area contributed by atoms with Crippen LogP contribution in [0.25, 0.3) is 0 Å². The highest BCUT2D eigenvalue weighted by Crippen LogP contribution is 2.26. The molecule has 0 bridgehead atoms. The largest absolute Gasteiger partial charge is 0.360 e. The Kier molecular flexibility index (Phi) is 6.86. The number of benzene rings is 1. The van der Waals surface area contributed by atoms with Gasteiger partial charge in [0.05, 0.1) is 13.1 Å². The summed E-state index contributed by atoms with van der Waals surface area (Å²) in [5.41, 5.74) is 1.74. The number of likely N-dealkylation sites (tertiary alicyclic amines) is 1. The van der Waals surface area contributed by atoms with Crippen LogP contribution in [0, 0.1) is 5.41 Å². The first-order valence-electron chi connectivity index (χ1n) is 9.59. The number of piperidine rings is 1. The van der Waals surface area contributed by atoms with Crippen LogP contribution >= 0.6 is 12.2 Å². The first-order chi connectivity index (χ1) is 11.6. The van der Waals surface area contributed by atoms with Crippen molar-refractivity contribution < 1.29 is 4.90 Å². The van der Waals surface area contributed by atoms with Crippen LogP contribution in [-0.2, 0) is 6.54 Å². The minimum Gasteiger partial charge on any atom is -0.360 e. The fourth-order valence-electron chi connectivity index (χ4n) is 4.13. The highest BCUT2D eigenvalue weighted by Gasteiger charge is 2.27. The molecule has 1 aromatic rings. The molecule has 0 aliphatic carbocycles. The maximum Gasteiger partial charge on any atom is 0.166 e. The summed E-state index contributed by atoms with van der Waals surface area (Å²) in [5, 5.41) is 7.89. The van der Waals surface area contributed by atoms with Gasteiger partial charge in [-0.2, -0.15) is 0 Å². The molecule has 1 aliphatic heterocycles. The van der Waals surface area contributed by atoms with Gasteiger partial charge in [-0.15, -0.1) is 0 Å². The number of nitrogens with one attached hydrogen (secondary N) is 3. The lowest BCUT2D eigenvalue weighted by molar-refractivity contribution is -0.918. The monoisotopic (exact) mass is 362 g/mol. The molecule has 3 nitrogen and oxygen atoms in total. The van der Waals surface area contributed by atoms with Gasteiger partial charge in [0.25, 0.3) is 0 Å². The van der Waals surface area contributed by atoms with Crippen LogP contribution in [-0.4, -0.2) is 29.8 Å². The Morgan fingerprint density at radius 1 is 1.08 bits per heavy atom. The quantitative estimate of drug-likeness (QED) is 0.704.